The summed E-state index contributed by atoms with van der Waals surface area (Å²) in [6.45, 7) is -0.0666. The minimum absolute atomic E-state index is 0.0604. The van der Waals surface area contributed by atoms with Crippen LogP contribution in [0.5, 0.6) is 11.6 Å². The fourth-order valence-corrected chi connectivity index (χ4v) is 3.48. The van der Waals surface area contributed by atoms with Crippen molar-refractivity contribution in [3.8, 4) is 11.6 Å². The maximum atomic E-state index is 14.3. The third-order valence-electron chi connectivity index (χ3n) is 5.14. The van der Waals surface area contributed by atoms with E-state index in [1.807, 2.05) is 0 Å². The number of hydrogen-bond acceptors (Lipinski definition) is 7. The molecular formula is C22H17ClF4N6O2. The molecule has 0 aliphatic heterocycles. The van der Waals surface area contributed by atoms with E-state index in [4.69, 9.17) is 16.3 Å². The molecule has 1 unspecified atom stereocenters. The van der Waals surface area contributed by atoms with E-state index in [9.17, 15) is 22.7 Å². The second kappa shape index (κ2) is 9.92. The molecule has 1 atom stereocenters. The Morgan fingerprint density at radius 3 is 2.46 bits per heavy atom. The van der Waals surface area contributed by atoms with Gasteiger partial charge < -0.3 is 9.84 Å². The van der Waals surface area contributed by atoms with Crippen LogP contribution < -0.4 is 4.74 Å². The van der Waals surface area contributed by atoms with Gasteiger partial charge in [-0.25, -0.2) is 14.1 Å². The number of benzene rings is 1. The fourth-order valence-electron chi connectivity index (χ4n) is 3.32. The van der Waals surface area contributed by atoms with Crippen LogP contribution in [0.4, 0.5) is 17.6 Å². The number of aromatic nitrogens is 6. The molecule has 0 saturated carbocycles. The van der Waals surface area contributed by atoms with E-state index in [-0.39, 0.29) is 41.7 Å². The van der Waals surface area contributed by atoms with Crippen molar-refractivity contribution >= 4 is 11.6 Å². The lowest BCUT2D eigenvalue weighted by molar-refractivity contribution is -0.137. The van der Waals surface area contributed by atoms with Crippen molar-refractivity contribution in [3.63, 3.8) is 0 Å². The Kier molecular flexibility index (Phi) is 6.94. The van der Waals surface area contributed by atoms with Crippen LogP contribution in [-0.2, 0) is 24.7 Å². The van der Waals surface area contributed by atoms with Gasteiger partial charge >= 0.3 is 6.18 Å². The molecule has 0 saturated heterocycles. The Morgan fingerprint density at radius 2 is 1.86 bits per heavy atom. The van der Waals surface area contributed by atoms with E-state index in [1.54, 1.807) is 6.07 Å². The van der Waals surface area contributed by atoms with Gasteiger partial charge in [0, 0.05) is 17.3 Å². The molecule has 13 heteroatoms. The third-order valence-corrected chi connectivity index (χ3v) is 5.37. The van der Waals surface area contributed by atoms with Gasteiger partial charge in [-0.2, -0.15) is 13.2 Å². The highest BCUT2D eigenvalue weighted by atomic mass is 35.5. The maximum Gasteiger partial charge on any atom is 0.417 e. The Bertz CT molecular complexity index is 1270. The molecule has 0 aliphatic rings. The summed E-state index contributed by atoms with van der Waals surface area (Å²) in [6, 6.07) is 9.20. The number of nitrogens with zero attached hydrogens (tertiary/aromatic N) is 6. The average molecular weight is 509 g/mol. The van der Waals surface area contributed by atoms with Gasteiger partial charge in [0.15, 0.2) is 0 Å². The molecule has 182 valence electrons. The van der Waals surface area contributed by atoms with Crippen LogP contribution in [0.15, 0.2) is 61.2 Å². The Hall–Kier alpha value is -3.64. The van der Waals surface area contributed by atoms with Crippen LogP contribution in [0, 0.1) is 5.82 Å². The summed E-state index contributed by atoms with van der Waals surface area (Å²) in [5, 5.41) is 22.6. The van der Waals surface area contributed by atoms with Gasteiger partial charge in [-0.15, -0.1) is 5.10 Å². The number of aliphatic hydroxyl groups is 1. The van der Waals surface area contributed by atoms with E-state index >= 15 is 0 Å². The molecule has 35 heavy (non-hydrogen) atoms. The molecule has 0 bridgehead atoms. The second-order valence-electron chi connectivity index (χ2n) is 7.64. The van der Waals surface area contributed by atoms with E-state index in [0.717, 1.165) is 12.1 Å². The minimum Gasteiger partial charge on any atom is -0.437 e. The zero-order valence-electron chi connectivity index (χ0n) is 17.8. The first-order chi connectivity index (χ1) is 16.6. The number of alkyl halides is 3. The molecular weight excluding hydrogens is 492 g/mol. The molecule has 4 rings (SSSR count). The summed E-state index contributed by atoms with van der Waals surface area (Å²) in [6.07, 6.45) is -0.995. The van der Waals surface area contributed by atoms with Gasteiger partial charge in [0.25, 0.3) is 0 Å². The normalized spacial score (nSPS) is 13.4. The molecule has 3 aromatic heterocycles. The average Bonchev–Trinajstić information content (AvgIpc) is 3.31. The molecule has 0 radical (unpaired) electrons. The van der Waals surface area contributed by atoms with Gasteiger partial charge in [-0.1, -0.05) is 17.7 Å². The summed E-state index contributed by atoms with van der Waals surface area (Å²) < 4.78 is 59.1. The van der Waals surface area contributed by atoms with Crippen molar-refractivity contribution in [2.45, 2.75) is 31.2 Å². The summed E-state index contributed by atoms with van der Waals surface area (Å²) in [4.78, 5) is 7.90. The molecule has 0 fully saturated rings. The fraction of sp³-hybridized carbons (Fsp3) is 0.227. The molecule has 3 heterocycles. The SMILES string of the molecule is OC(CCc1ccc(Cl)cc1F)(Cn1cnnn1)c1ccc(Oc2ccc(C(F)(F)F)cn2)cn1. The van der Waals surface area contributed by atoms with Gasteiger partial charge in [0.2, 0.25) is 5.88 Å². The molecule has 0 amide bonds. The number of tetrazole rings is 1. The van der Waals surface area contributed by atoms with Gasteiger partial charge in [-0.3, -0.25) is 4.98 Å². The van der Waals surface area contributed by atoms with Crippen molar-refractivity contribution in [1.29, 1.82) is 0 Å². The van der Waals surface area contributed by atoms with Gasteiger partial charge in [-0.05, 0) is 59.2 Å². The number of aryl methyl sites for hydroxylation is 1. The summed E-state index contributed by atoms with van der Waals surface area (Å²) in [7, 11) is 0. The maximum absolute atomic E-state index is 14.3. The molecule has 8 nitrogen and oxygen atoms in total. The predicted octanol–water partition coefficient (Wildman–Crippen LogP) is 4.59. The number of halogens is 5. The Labute approximate surface area is 201 Å². The smallest absolute Gasteiger partial charge is 0.417 e. The number of rotatable bonds is 8. The van der Waals surface area contributed by atoms with Crippen molar-refractivity contribution in [2.24, 2.45) is 0 Å². The first-order valence-electron chi connectivity index (χ1n) is 10.2. The minimum atomic E-state index is -4.51. The van der Waals surface area contributed by atoms with Crippen LogP contribution >= 0.6 is 11.6 Å². The largest absolute Gasteiger partial charge is 0.437 e. The highest BCUT2D eigenvalue weighted by molar-refractivity contribution is 6.30. The number of hydrogen-bond donors (Lipinski definition) is 1. The first kappa shape index (κ1) is 24.5. The highest BCUT2D eigenvalue weighted by Crippen LogP contribution is 2.32. The van der Waals surface area contributed by atoms with Gasteiger partial charge in [0.1, 0.15) is 23.5 Å². The zero-order chi connectivity index (χ0) is 25.1. The lowest BCUT2D eigenvalue weighted by atomic mass is 9.90. The molecule has 0 aliphatic carbocycles. The first-order valence-corrected chi connectivity index (χ1v) is 10.5. The summed E-state index contributed by atoms with van der Waals surface area (Å²) in [5.74, 6) is -0.368. The predicted molar refractivity (Wildman–Crippen MR) is 115 cm³/mol. The van der Waals surface area contributed by atoms with E-state index in [2.05, 4.69) is 25.5 Å². The summed E-state index contributed by atoms with van der Waals surface area (Å²) in [5.41, 5.74) is -1.90. The number of pyridine rings is 2. The van der Waals surface area contributed by atoms with Crippen LogP contribution in [0.25, 0.3) is 0 Å². The van der Waals surface area contributed by atoms with Crippen LogP contribution in [0.2, 0.25) is 5.02 Å². The quantitative estimate of drug-likeness (QED) is 0.348. The Morgan fingerprint density at radius 1 is 1.03 bits per heavy atom. The monoisotopic (exact) mass is 508 g/mol. The zero-order valence-corrected chi connectivity index (χ0v) is 18.6. The van der Waals surface area contributed by atoms with E-state index in [1.165, 1.54) is 41.5 Å². The third kappa shape index (κ3) is 6.08. The lowest BCUT2D eigenvalue weighted by Crippen LogP contribution is -2.33. The Balaban J connectivity index is 1.53. The van der Waals surface area contributed by atoms with Crippen molar-refractivity contribution in [3.05, 3.63) is 88.8 Å². The van der Waals surface area contributed by atoms with Crippen LogP contribution in [0.1, 0.15) is 23.2 Å². The molecule has 1 N–H and O–H groups in total. The van der Waals surface area contributed by atoms with Crippen molar-refractivity contribution in [2.75, 3.05) is 0 Å². The highest BCUT2D eigenvalue weighted by Gasteiger charge is 2.33. The summed E-state index contributed by atoms with van der Waals surface area (Å²) >= 11 is 5.81. The second-order valence-corrected chi connectivity index (χ2v) is 8.08. The van der Waals surface area contributed by atoms with E-state index in [0.29, 0.717) is 11.8 Å². The molecule has 4 aromatic rings. The number of ether oxygens (including phenoxy) is 1. The van der Waals surface area contributed by atoms with Crippen molar-refractivity contribution in [1.82, 2.24) is 30.2 Å². The van der Waals surface area contributed by atoms with Gasteiger partial charge in [0.05, 0.1) is 24.0 Å². The van der Waals surface area contributed by atoms with Crippen LogP contribution in [0.3, 0.4) is 0 Å². The van der Waals surface area contributed by atoms with E-state index < -0.39 is 23.2 Å². The van der Waals surface area contributed by atoms with Crippen LogP contribution in [-0.4, -0.2) is 35.3 Å². The molecule has 1 aromatic carbocycles. The lowest BCUT2D eigenvalue weighted by Gasteiger charge is -2.27. The van der Waals surface area contributed by atoms with Crippen molar-refractivity contribution < 1.29 is 27.4 Å². The molecule has 0 spiro atoms. The topological polar surface area (TPSA) is 98.8 Å². The standard InChI is InChI=1S/C22H17ClF4N6O2/c23-16-3-1-14(18(24)9-16)7-8-21(34,12-33-13-30-31-32-33)19-5-4-17(11-28-19)35-20-6-2-15(10-29-20)22(25,26)27/h1-6,9-11,13,34H,7-8,12H2.